The molecule has 0 saturated carbocycles. The summed E-state index contributed by atoms with van der Waals surface area (Å²) in [6.45, 7) is 0. The molecule has 1 aliphatic rings. The zero-order valence-corrected chi connectivity index (χ0v) is 15.7. The average molecular weight is 396 g/mol. The molecule has 0 radical (unpaired) electrons. The number of benzene rings is 1. The second-order valence-electron chi connectivity index (χ2n) is 6.01. The molecule has 0 unspecified atom stereocenters. The van der Waals surface area contributed by atoms with Crippen LogP contribution in [0.2, 0.25) is 5.02 Å². The summed E-state index contributed by atoms with van der Waals surface area (Å²) in [5.41, 5.74) is 1.09. The van der Waals surface area contributed by atoms with E-state index >= 15 is 0 Å². The van der Waals surface area contributed by atoms with Crippen molar-refractivity contribution in [1.82, 2.24) is 14.8 Å². The highest BCUT2D eigenvalue weighted by Gasteiger charge is 2.37. The van der Waals surface area contributed by atoms with Crippen LogP contribution in [0.15, 0.2) is 59.0 Å². The molecule has 140 valence electrons. The highest BCUT2D eigenvalue weighted by Crippen LogP contribution is 2.43. The van der Waals surface area contributed by atoms with Gasteiger partial charge in [-0.3, -0.25) is 19.6 Å². The van der Waals surface area contributed by atoms with Gasteiger partial charge in [0.1, 0.15) is 5.69 Å². The van der Waals surface area contributed by atoms with E-state index in [1.54, 1.807) is 56.7 Å². The second kappa shape index (κ2) is 6.86. The van der Waals surface area contributed by atoms with E-state index in [9.17, 15) is 9.59 Å². The number of anilines is 2. The van der Waals surface area contributed by atoms with Gasteiger partial charge < -0.3 is 0 Å². The molecule has 3 aromatic rings. The van der Waals surface area contributed by atoms with Crippen molar-refractivity contribution >= 4 is 46.5 Å². The van der Waals surface area contributed by atoms with Gasteiger partial charge in [-0.05, 0) is 24.3 Å². The van der Waals surface area contributed by atoms with Crippen LogP contribution in [0.25, 0.3) is 0 Å². The Morgan fingerprint density at radius 2 is 1.86 bits per heavy atom. The minimum atomic E-state index is -0.432. The Balaban J connectivity index is 1.85. The number of azo groups is 1. The molecule has 0 spiro atoms. The van der Waals surface area contributed by atoms with Crippen LogP contribution < -0.4 is 9.80 Å². The number of halogens is 1. The predicted molar refractivity (Wildman–Crippen MR) is 104 cm³/mol. The Morgan fingerprint density at radius 1 is 1.07 bits per heavy atom. The summed E-state index contributed by atoms with van der Waals surface area (Å²) in [6, 6.07) is 9.90. The maximum atomic E-state index is 12.9. The summed E-state index contributed by atoms with van der Waals surface area (Å²) in [5.74, 6) is 0.0207. The number of hydrogen-bond donors (Lipinski definition) is 0. The van der Waals surface area contributed by atoms with Crippen molar-refractivity contribution in [3.05, 3.63) is 59.4 Å². The Kier molecular flexibility index (Phi) is 4.36. The van der Waals surface area contributed by atoms with Gasteiger partial charge in [0.25, 0.3) is 5.91 Å². The molecule has 0 aliphatic carbocycles. The first-order valence-corrected chi connectivity index (χ1v) is 8.62. The standard InChI is InChI=1S/C18H14ClN7O2/c1-24-15-14(22-21-13-8-4-3-7-12(13)19)16(25(2)18(24)28)26(23-15)17(27)11-6-5-9-20-10-11/h3-10H,1-2H3. The largest absolute Gasteiger partial charge is 0.330 e. The van der Waals surface area contributed by atoms with Crippen LogP contribution in [0.5, 0.6) is 0 Å². The summed E-state index contributed by atoms with van der Waals surface area (Å²) in [4.78, 5) is 31.9. The van der Waals surface area contributed by atoms with E-state index in [-0.39, 0.29) is 17.7 Å². The van der Waals surface area contributed by atoms with E-state index in [1.165, 1.54) is 16.0 Å². The van der Waals surface area contributed by atoms with Crippen LogP contribution in [0, 0.1) is 0 Å². The molecular weight excluding hydrogens is 382 g/mol. The third-order valence-corrected chi connectivity index (χ3v) is 4.56. The van der Waals surface area contributed by atoms with Gasteiger partial charge in [0, 0.05) is 26.5 Å². The van der Waals surface area contributed by atoms with E-state index in [4.69, 9.17) is 11.6 Å². The summed E-state index contributed by atoms with van der Waals surface area (Å²) >= 11 is 6.12. The third-order valence-electron chi connectivity index (χ3n) is 4.24. The number of carbonyl (C=O) groups excluding carboxylic acids is 2. The number of carbonyl (C=O) groups is 2. The van der Waals surface area contributed by atoms with Gasteiger partial charge in [-0.25, -0.2) is 4.79 Å². The Labute approximate surface area is 164 Å². The van der Waals surface area contributed by atoms with Gasteiger partial charge in [0.05, 0.1) is 10.6 Å². The normalized spacial score (nSPS) is 13.5. The number of pyridine rings is 1. The van der Waals surface area contributed by atoms with Crippen molar-refractivity contribution in [2.75, 3.05) is 23.9 Å². The highest BCUT2D eigenvalue weighted by molar-refractivity contribution is 6.32. The van der Waals surface area contributed by atoms with Gasteiger partial charge in [-0.15, -0.1) is 15.3 Å². The van der Waals surface area contributed by atoms with Crippen LogP contribution in [-0.4, -0.2) is 40.8 Å². The van der Waals surface area contributed by atoms with Crippen molar-refractivity contribution < 1.29 is 9.59 Å². The lowest BCUT2D eigenvalue weighted by Gasteiger charge is -2.26. The predicted octanol–water partition coefficient (Wildman–Crippen LogP) is 4.04. The molecule has 0 atom stereocenters. The SMILES string of the molecule is CN1C(=O)N(C)c2c(N=Nc3ccccc3Cl)c1nn2C(=O)c1cccnc1. The van der Waals surface area contributed by atoms with Crippen LogP contribution >= 0.6 is 11.6 Å². The van der Waals surface area contributed by atoms with Gasteiger partial charge >= 0.3 is 6.03 Å². The molecule has 28 heavy (non-hydrogen) atoms. The zero-order valence-electron chi connectivity index (χ0n) is 14.9. The Hall–Kier alpha value is -3.59. The fraction of sp³-hybridized carbons (Fsp3) is 0.111. The zero-order chi connectivity index (χ0) is 19.8. The number of urea groups is 1. The molecule has 10 heteroatoms. The quantitative estimate of drug-likeness (QED) is 0.625. The molecule has 2 aromatic heterocycles. The minimum Gasteiger partial charge on any atom is -0.279 e. The molecule has 3 heterocycles. The maximum Gasteiger partial charge on any atom is 0.330 e. The van der Waals surface area contributed by atoms with Crippen molar-refractivity contribution in [2.24, 2.45) is 10.2 Å². The van der Waals surface area contributed by atoms with Gasteiger partial charge in [-0.2, -0.15) is 4.68 Å². The lowest BCUT2D eigenvalue weighted by atomic mass is 10.2. The Morgan fingerprint density at radius 3 is 2.57 bits per heavy atom. The number of amides is 2. The first kappa shape index (κ1) is 17.8. The van der Waals surface area contributed by atoms with Crippen LogP contribution in [0.3, 0.4) is 0 Å². The van der Waals surface area contributed by atoms with Crippen LogP contribution in [0.1, 0.15) is 10.4 Å². The lowest BCUT2D eigenvalue weighted by molar-refractivity contribution is 0.0947. The van der Waals surface area contributed by atoms with Crippen molar-refractivity contribution in [2.45, 2.75) is 0 Å². The molecule has 0 fully saturated rings. The highest BCUT2D eigenvalue weighted by atomic mass is 35.5. The number of hydrogen-bond acceptors (Lipinski definition) is 6. The smallest absolute Gasteiger partial charge is 0.279 e. The molecule has 9 nitrogen and oxygen atoms in total. The molecule has 1 aromatic carbocycles. The average Bonchev–Trinajstić information content (AvgIpc) is 3.06. The number of fused-ring (bicyclic) bond motifs is 2. The fourth-order valence-corrected chi connectivity index (χ4v) is 2.98. The van der Waals surface area contributed by atoms with E-state index < -0.39 is 5.91 Å². The first-order chi connectivity index (χ1) is 13.5. The molecule has 4 rings (SSSR count). The Bertz CT molecular complexity index is 1110. The molecule has 2 bridgehead atoms. The number of nitrogens with zero attached hydrogens (tertiary/aromatic N) is 7. The lowest BCUT2D eigenvalue weighted by Crippen LogP contribution is -2.41. The van der Waals surface area contributed by atoms with Crippen molar-refractivity contribution in [1.29, 1.82) is 0 Å². The van der Waals surface area contributed by atoms with Crippen molar-refractivity contribution in [3.63, 3.8) is 0 Å². The molecule has 2 amide bonds. The first-order valence-electron chi connectivity index (χ1n) is 8.24. The maximum absolute atomic E-state index is 12.9. The third kappa shape index (κ3) is 2.81. The number of rotatable bonds is 3. The van der Waals surface area contributed by atoms with E-state index in [0.717, 1.165) is 4.68 Å². The fourth-order valence-electron chi connectivity index (χ4n) is 2.80. The van der Waals surface area contributed by atoms with Gasteiger partial charge in [0.2, 0.25) is 0 Å². The molecule has 0 N–H and O–H groups in total. The second-order valence-corrected chi connectivity index (χ2v) is 6.41. The van der Waals surface area contributed by atoms with E-state index in [0.29, 0.717) is 22.0 Å². The van der Waals surface area contributed by atoms with Gasteiger partial charge in [-0.1, -0.05) is 23.7 Å². The van der Waals surface area contributed by atoms with Crippen LogP contribution in [0.4, 0.5) is 27.8 Å². The summed E-state index contributed by atoms with van der Waals surface area (Å²) in [7, 11) is 3.10. The number of aromatic nitrogens is 3. The van der Waals surface area contributed by atoms with E-state index in [2.05, 4.69) is 20.3 Å². The summed E-state index contributed by atoms with van der Waals surface area (Å²) in [6.07, 6.45) is 3.00. The van der Waals surface area contributed by atoms with E-state index in [1.807, 2.05) is 0 Å². The van der Waals surface area contributed by atoms with Gasteiger partial charge in [0.15, 0.2) is 17.3 Å². The van der Waals surface area contributed by atoms with Crippen LogP contribution in [-0.2, 0) is 0 Å². The monoisotopic (exact) mass is 395 g/mol. The topological polar surface area (TPSA) is 96.0 Å². The van der Waals surface area contributed by atoms with Crippen molar-refractivity contribution in [3.8, 4) is 0 Å². The molecular formula is C18H14ClN7O2. The minimum absolute atomic E-state index is 0.225. The molecule has 0 saturated heterocycles. The summed E-state index contributed by atoms with van der Waals surface area (Å²) in [5, 5.41) is 13.1. The molecule has 1 aliphatic heterocycles. The summed E-state index contributed by atoms with van der Waals surface area (Å²) < 4.78 is 1.13.